The molecule has 1 heterocycles. The SMILES string of the molecule is COCOc1ccc2oc(=O)sc2c1. The largest absolute Gasteiger partial charge is 0.468 e. The van der Waals surface area contributed by atoms with E-state index in [0.29, 0.717) is 11.3 Å². The Hall–Kier alpha value is -1.33. The zero-order valence-electron chi connectivity index (χ0n) is 7.48. The van der Waals surface area contributed by atoms with E-state index in [1.807, 2.05) is 0 Å². The molecule has 0 bridgehead atoms. The van der Waals surface area contributed by atoms with Crippen molar-refractivity contribution in [3.05, 3.63) is 27.9 Å². The molecular weight excluding hydrogens is 204 g/mol. The van der Waals surface area contributed by atoms with Crippen molar-refractivity contribution in [2.75, 3.05) is 13.9 Å². The Bertz CT molecular complexity index is 485. The molecule has 0 saturated heterocycles. The molecule has 2 rings (SSSR count). The normalized spacial score (nSPS) is 10.6. The van der Waals surface area contributed by atoms with E-state index in [-0.39, 0.29) is 11.7 Å². The van der Waals surface area contributed by atoms with Gasteiger partial charge in [-0.25, -0.2) is 4.79 Å². The predicted octanol–water partition coefficient (Wildman–Crippen LogP) is 1.84. The highest BCUT2D eigenvalue weighted by molar-refractivity contribution is 7.16. The Morgan fingerprint density at radius 3 is 3.14 bits per heavy atom. The van der Waals surface area contributed by atoms with E-state index in [4.69, 9.17) is 13.9 Å². The van der Waals surface area contributed by atoms with Crippen molar-refractivity contribution in [3.63, 3.8) is 0 Å². The van der Waals surface area contributed by atoms with Crippen molar-refractivity contribution in [2.24, 2.45) is 0 Å². The molecule has 0 aliphatic heterocycles. The van der Waals surface area contributed by atoms with Gasteiger partial charge in [0.05, 0.1) is 4.70 Å². The second-order valence-corrected chi connectivity index (χ2v) is 3.59. The summed E-state index contributed by atoms with van der Waals surface area (Å²) in [5.41, 5.74) is 0.588. The maximum atomic E-state index is 10.9. The second kappa shape index (κ2) is 3.81. The van der Waals surface area contributed by atoms with Crippen LogP contribution in [-0.4, -0.2) is 13.9 Å². The van der Waals surface area contributed by atoms with Gasteiger partial charge in [0.15, 0.2) is 6.79 Å². The Morgan fingerprint density at radius 2 is 2.36 bits per heavy atom. The fraction of sp³-hybridized carbons (Fsp3) is 0.222. The minimum atomic E-state index is -0.302. The molecule has 0 spiro atoms. The van der Waals surface area contributed by atoms with Crippen LogP contribution in [0.25, 0.3) is 10.3 Å². The van der Waals surface area contributed by atoms with Crippen LogP contribution in [0.1, 0.15) is 0 Å². The summed E-state index contributed by atoms with van der Waals surface area (Å²) in [5.74, 6) is 0.663. The third kappa shape index (κ3) is 1.78. The summed E-state index contributed by atoms with van der Waals surface area (Å²) in [6.45, 7) is 0.193. The first-order chi connectivity index (χ1) is 6.79. The zero-order chi connectivity index (χ0) is 9.97. The Labute approximate surface area is 83.7 Å². The molecule has 2 aromatic rings. The molecule has 0 amide bonds. The lowest BCUT2D eigenvalue weighted by atomic mass is 10.3. The number of hydrogen-bond acceptors (Lipinski definition) is 5. The van der Waals surface area contributed by atoms with Crippen molar-refractivity contribution in [2.45, 2.75) is 0 Å². The van der Waals surface area contributed by atoms with Gasteiger partial charge in [0.2, 0.25) is 0 Å². The summed E-state index contributed by atoms with van der Waals surface area (Å²) < 4.78 is 15.7. The molecule has 0 N–H and O–H groups in total. The van der Waals surface area contributed by atoms with Gasteiger partial charge >= 0.3 is 4.94 Å². The second-order valence-electron chi connectivity index (χ2n) is 2.61. The van der Waals surface area contributed by atoms with Gasteiger partial charge in [-0.15, -0.1) is 0 Å². The molecule has 0 radical (unpaired) electrons. The van der Waals surface area contributed by atoms with E-state index in [2.05, 4.69) is 0 Å². The number of fused-ring (bicyclic) bond motifs is 1. The van der Waals surface area contributed by atoms with Crippen molar-refractivity contribution >= 4 is 21.6 Å². The highest BCUT2D eigenvalue weighted by Crippen LogP contribution is 2.22. The first-order valence-electron chi connectivity index (χ1n) is 3.95. The Balaban J connectivity index is 2.35. The van der Waals surface area contributed by atoms with Crippen molar-refractivity contribution in [3.8, 4) is 5.75 Å². The van der Waals surface area contributed by atoms with E-state index in [1.54, 1.807) is 25.3 Å². The minimum Gasteiger partial charge on any atom is -0.468 e. The van der Waals surface area contributed by atoms with Crippen molar-refractivity contribution in [1.82, 2.24) is 0 Å². The van der Waals surface area contributed by atoms with Crippen LogP contribution in [0, 0.1) is 0 Å². The molecule has 0 aliphatic carbocycles. The molecule has 0 unspecified atom stereocenters. The molecule has 0 atom stereocenters. The molecule has 14 heavy (non-hydrogen) atoms. The standard InChI is InChI=1S/C9H8O4S/c1-11-5-12-6-2-3-7-8(4-6)14-9(10)13-7/h2-4H,5H2,1H3. The Morgan fingerprint density at radius 1 is 1.50 bits per heavy atom. The van der Waals surface area contributed by atoms with Gasteiger partial charge in [-0.05, 0) is 12.1 Å². The third-order valence-electron chi connectivity index (χ3n) is 1.65. The van der Waals surface area contributed by atoms with E-state index in [0.717, 1.165) is 16.0 Å². The Kier molecular flexibility index (Phi) is 2.51. The first-order valence-corrected chi connectivity index (χ1v) is 4.76. The third-order valence-corrected chi connectivity index (χ3v) is 2.43. The van der Waals surface area contributed by atoms with Gasteiger partial charge in [0, 0.05) is 13.2 Å². The minimum absolute atomic E-state index is 0.193. The zero-order valence-corrected chi connectivity index (χ0v) is 8.30. The summed E-state index contributed by atoms with van der Waals surface area (Å²) in [4.78, 5) is 10.6. The monoisotopic (exact) mass is 212 g/mol. The summed E-state index contributed by atoms with van der Waals surface area (Å²) in [5, 5.41) is 0. The molecule has 5 heteroatoms. The average molecular weight is 212 g/mol. The van der Waals surface area contributed by atoms with Gasteiger partial charge in [0.25, 0.3) is 0 Å². The molecule has 1 aromatic heterocycles. The number of benzene rings is 1. The molecular formula is C9H8O4S. The van der Waals surface area contributed by atoms with Crippen LogP contribution < -0.4 is 9.68 Å². The van der Waals surface area contributed by atoms with E-state index < -0.39 is 0 Å². The van der Waals surface area contributed by atoms with Gasteiger partial charge < -0.3 is 13.9 Å². The number of methoxy groups -OCH3 is 1. The van der Waals surface area contributed by atoms with Crippen LogP contribution >= 0.6 is 11.3 Å². The van der Waals surface area contributed by atoms with Crippen LogP contribution in [0.4, 0.5) is 0 Å². The summed E-state index contributed by atoms with van der Waals surface area (Å²) in [6.07, 6.45) is 0. The highest BCUT2D eigenvalue weighted by Gasteiger charge is 2.03. The van der Waals surface area contributed by atoms with Gasteiger partial charge in [0.1, 0.15) is 11.3 Å². The van der Waals surface area contributed by atoms with E-state index >= 15 is 0 Å². The smallest absolute Gasteiger partial charge is 0.396 e. The molecule has 74 valence electrons. The summed E-state index contributed by atoms with van der Waals surface area (Å²) in [6, 6.07) is 5.19. The van der Waals surface area contributed by atoms with Gasteiger partial charge in [-0.2, -0.15) is 0 Å². The summed E-state index contributed by atoms with van der Waals surface area (Å²) in [7, 11) is 1.55. The number of hydrogen-bond donors (Lipinski definition) is 0. The van der Waals surface area contributed by atoms with Crippen LogP contribution in [0.3, 0.4) is 0 Å². The maximum Gasteiger partial charge on any atom is 0.396 e. The van der Waals surface area contributed by atoms with Gasteiger partial charge in [-0.3, -0.25) is 0 Å². The van der Waals surface area contributed by atoms with Crippen molar-refractivity contribution in [1.29, 1.82) is 0 Å². The van der Waals surface area contributed by atoms with E-state index in [9.17, 15) is 4.79 Å². The fourth-order valence-electron chi connectivity index (χ4n) is 1.07. The molecule has 4 nitrogen and oxygen atoms in total. The van der Waals surface area contributed by atoms with Crippen LogP contribution in [0.2, 0.25) is 0 Å². The molecule has 0 aliphatic rings. The average Bonchev–Trinajstić information content (AvgIpc) is 2.54. The molecule has 1 aromatic carbocycles. The van der Waals surface area contributed by atoms with E-state index in [1.165, 1.54) is 0 Å². The first kappa shape index (κ1) is 9.23. The number of rotatable bonds is 3. The molecule has 0 saturated carbocycles. The topological polar surface area (TPSA) is 48.7 Å². The maximum absolute atomic E-state index is 10.9. The van der Waals surface area contributed by atoms with Crippen LogP contribution in [-0.2, 0) is 4.74 Å². The highest BCUT2D eigenvalue weighted by atomic mass is 32.1. The number of ether oxygens (including phenoxy) is 2. The summed E-state index contributed by atoms with van der Waals surface area (Å²) >= 11 is 1.06. The van der Waals surface area contributed by atoms with Crippen LogP contribution in [0.5, 0.6) is 5.75 Å². The fourth-order valence-corrected chi connectivity index (χ4v) is 1.77. The lowest BCUT2D eigenvalue weighted by Gasteiger charge is -2.02. The van der Waals surface area contributed by atoms with Gasteiger partial charge in [-0.1, -0.05) is 11.3 Å². The quantitative estimate of drug-likeness (QED) is 0.728. The predicted molar refractivity (Wildman–Crippen MR) is 52.9 cm³/mol. The lowest BCUT2D eigenvalue weighted by Crippen LogP contribution is -1.97. The van der Waals surface area contributed by atoms with Crippen LogP contribution in [0.15, 0.2) is 27.4 Å². The van der Waals surface area contributed by atoms with Crippen molar-refractivity contribution < 1.29 is 13.9 Å². The molecule has 0 fully saturated rings. The lowest BCUT2D eigenvalue weighted by molar-refractivity contribution is 0.0512.